The van der Waals surface area contributed by atoms with E-state index in [1.165, 1.54) is 0 Å². The molecule has 0 radical (unpaired) electrons. The van der Waals surface area contributed by atoms with E-state index in [2.05, 4.69) is 53.0 Å². The van der Waals surface area contributed by atoms with Crippen LogP contribution in [0.4, 0.5) is 10.1 Å². The standard InChI is InChI=1S/C30H40Cl2FNO2Si/c1-28(2,3)37(6,7)36-16-15-29(4,5)18-19-11-13-22(21-9-8-10-24(32)26(21)33)30(19)23-14-12-20(31)17-25(23)34-27(30)35/h8-10,12,14,17,19,22H,11,13,15-16,18H2,1-7H3,(H,34,35)/t19-,22+,30+/m0/s1. The summed E-state index contributed by atoms with van der Waals surface area (Å²) in [4.78, 5) is 14.0. The molecule has 1 spiro atoms. The molecule has 4 rings (SSSR count). The molecule has 1 aliphatic heterocycles. The first kappa shape index (κ1) is 28.6. The smallest absolute Gasteiger partial charge is 0.236 e. The molecule has 202 valence electrons. The number of nitrogens with one attached hydrogen (secondary N) is 1. The molecule has 1 N–H and O–H groups in total. The summed E-state index contributed by atoms with van der Waals surface area (Å²) in [6, 6.07) is 10.7. The van der Waals surface area contributed by atoms with Gasteiger partial charge in [-0.3, -0.25) is 4.79 Å². The lowest BCUT2D eigenvalue weighted by molar-refractivity contribution is -0.123. The summed E-state index contributed by atoms with van der Waals surface area (Å²) in [6.07, 6.45) is 3.28. The summed E-state index contributed by atoms with van der Waals surface area (Å²) < 4.78 is 21.9. The average molecular weight is 565 g/mol. The van der Waals surface area contributed by atoms with E-state index in [9.17, 15) is 4.79 Å². The Morgan fingerprint density at radius 1 is 1.11 bits per heavy atom. The van der Waals surface area contributed by atoms with Crippen LogP contribution in [0.2, 0.25) is 28.2 Å². The Morgan fingerprint density at radius 2 is 1.81 bits per heavy atom. The minimum Gasteiger partial charge on any atom is -0.417 e. The van der Waals surface area contributed by atoms with Gasteiger partial charge in [0, 0.05) is 23.2 Å². The van der Waals surface area contributed by atoms with Crippen LogP contribution in [0.5, 0.6) is 0 Å². The zero-order valence-corrected chi connectivity index (χ0v) is 25.6. The van der Waals surface area contributed by atoms with E-state index in [0.717, 1.165) is 30.5 Å². The minimum absolute atomic E-state index is 0.0428. The number of carbonyl (C=O) groups excluding carboxylic acids is 1. The number of hydrogen-bond donors (Lipinski definition) is 1. The van der Waals surface area contributed by atoms with Crippen molar-refractivity contribution in [3.63, 3.8) is 0 Å². The van der Waals surface area contributed by atoms with Crippen LogP contribution in [0, 0.1) is 17.2 Å². The molecular weight excluding hydrogens is 524 g/mol. The first-order valence-corrected chi connectivity index (χ1v) is 17.0. The Balaban J connectivity index is 1.68. The molecule has 2 aromatic rings. The van der Waals surface area contributed by atoms with Gasteiger partial charge in [0.2, 0.25) is 5.91 Å². The van der Waals surface area contributed by atoms with Crippen molar-refractivity contribution >= 4 is 43.1 Å². The Morgan fingerprint density at radius 3 is 2.49 bits per heavy atom. The molecule has 1 fully saturated rings. The van der Waals surface area contributed by atoms with Crippen molar-refractivity contribution in [2.45, 2.75) is 89.8 Å². The molecular formula is C30H40Cl2FNO2Si. The predicted octanol–water partition coefficient (Wildman–Crippen LogP) is 9.34. The van der Waals surface area contributed by atoms with E-state index in [1.54, 1.807) is 18.2 Å². The van der Waals surface area contributed by atoms with Gasteiger partial charge in [-0.05, 0) is 84.5 Å². The van der Waals surface area contributed by atoms with Gasteiger partial charge in [0.1, 0.15) is 5.82 Å². The van der Waals surface area contributed by atoms with E-state index < -0.39 is 19.5 Å². The summed E-state index contributed by atoms with van der Waals surface area (Å²) in [6.45, 7) is 16.5. The molecule has 0 bridgehead atoms. The van der Waals surface area contributed by atoms with E-state index in [-0.39, 0.29) is 33.2 Å². The third kappa shape index (κ3) is 5.14. The molecule has 2 aliphatic rings. The van der Waals surface area contributed by atoms with Crippen molar-refractivity contribution in [3.05, 3.63) is 63.4 Å². The molecule has 1 aliphatic carbocycles. The predicted molar refractivity (Wildman–Crippen MR) is 155 cm³/mol. The normalized spacial score (nSPS) is 24.0. The zero-order chi connectivity index (χ0) is 27.4. The van der Waals surface area contributed by atoms with Gasteiger partial charge < -0.3 is 9.74 Å². The van der Waals surface area contributed by atoms with E-state index >= 15 is 4.39 Å². The number of halogens is 3. The molecule has 0 saturated heterocycles. The summed E-state index contributed by atoms with van der Waals surface area (Å²) in [5.41, 5.74) is 1.24. The van der Waals surface area contributed by atoms with E-state index in [1.807, 2.05) is 18.2 Å². The number of hydrogen-bond acceptors (Lipinski definition) is 2. The van der Waals surface area contributed by atoms with Gasteiger partial charge >= 0.3 is 0 Å². The first-order valence-electron chi connectivity index (χ1n) is 13.3. The third-order valence-electron chi connectivity index (χ3n) is 9.25. The molecule has 2 aromatic carbocycles. The zero-order valence-electron chi connectivity index (χ0n) is 23.1. The van der Waals surface area contributed by atoms with Crippen LogP contribution in [0.3, 0.4) is 0 Å². The highest BCUT2D eigenvalue weighted by molar-refractivity contribution is 6.74. The second kappa shape index (κ2) is 9.97. The van der Waals surface area contributed by atoms with Crippen molar-refractivity contribution in [1.82, 2.24) is 0 Å². The molecule has 37 heavy (non-hydrogen) atoms. The van der Waals surface area contributed by atoms with Gasteiger partial charge in [0.15, 0.2) is 8.32 Å². The van der Waals surface area contributed by atoms with Gasteiger partial charge in [-0.15, -0.1) is 0 Å². The topological polar surface area (TPSA) is 38.3 Å². The summed E-state index contributed by atoms with van der Waals surface area (Å²) >= 11 is 12.5. The fraction of sp³-hybridized carbons (Fsp3) is 0.567. The maximum absolute atomic E-state index is 15.4. The van der Waals surface area contributed by atoms with Gasteiger partial charge in [-0.1, -0.05) is 76.0 Å². The lowest BCUT2D eigenvalue weighted by Gasteiger charge is -2.40. The molecule has 0 unspecified atom stereocenters. The van der Waals surface area contributed by atoms with Crippen LogP contribution < -0.4 is 5.32 Å². The Hall–Kier alpha value is -1.40. The van der Waals surface area contributed by atoms with Gasteiger partial charge in [-0.2, -0.15) is 0 Å². The maximum atomic E-state index is 15.4. The van der Waals surface area contributed by atoms with Gasteiger partial charge in [-0.25, -0.2) is 4.39 Å². The maximum Gasteiger partial charge on any atom is 0.236 e. The molecule has 7 heteroatoms. The average Bonchev–Trinajstić information content (AvgIpc) is 3.27. The van der Waals surface area contributed by atoms with E-state index in [0.29, 0.717) is 23.6 Å². The molecule has 3 atom stereocenters. The fourth-order valence-corrected chi connectivity index (χ4v) is 7.61. The number of benzene rings is 2. The second-order valence-corrected chi connectivity index (χ2v) is 18.9. The van der Waals surface area contributed by atoms with Crippen LogP contribution in [0.1, 0.15) is 77.3 Å². The highest BCUT2D eigenvalue weighted by Gasteiger charge is 2.61. The number of fused-ring (bicyclic) bond motifs is 2. The Labute approximate surface area is 232 Å². The lowest BCUT2D eigenvalue weighted by Crippen LogP contribution is -2.44. The quantitative estimate of drug-likeness (QED) is 0.340. The highest BCUT2D eigenvalue weighted by Crippen LogP contribution is 2.62. The van der Waals surface area contributed by atoms with Crippen LogP contribution in [-0.2, 0) is 14.6 Å². The number of amides is 1. The van der Waals surface area contributed by atoms with Gasteiger partial charge in [0.05, 0.1) is 10.4 Å². The van der Waals surface area contributed by atoms with Crippen LogP contribution in [0.25, 0.3) is 0 Å². The number of anilines is 1. The Kier molecular flexibility index (Phi) is 7.70. The lowest BCUT2D eigenvalue weighted by atomic mass is 9.62. The van der Waals surface area contributed by atoms with Crippen LogP contribution >= 0.6 is 23.2 Å². The third-order valence-corrected chi connectivity index (χ3v) is 14.3. The fourth-order valence-electron chi connectivity index (χ4n) is 6.21. The molecule has 1 amide bonds. The van der Waals surface area contributed by atoms with Crippen molar-refractivity contribution in [2.75, 3.05) is 11.9 Å². The van der Waals surface area contributed by atoms with Crippen molar-refractivity contribution in [3.8, 4) is 0 Å². The number of carbonyl (C=O) groups is 1. The van der Waals surface area contributed by atoms with E-state index in [4.69, 9.17) is 27.6 Å². The summed E-state index contributed by atoms with van der Waals surface area (Å²) in [7, 11) is -1.84. The molecule has 1 saturated carbocycles. The second-order valence-electron chi connectivity index (χ2n) is 13.2. The summed E-state index contributed by atoms with van der Waals surface area (Å²) in [5, 5.41) is 3.92. The van der Waals surface area contributed by atoms with Crippen LogP contribution in [-0.4, -0.2) is 20.8 Å². The SMILES string of the molecule is CC(C)(CCO[Si](C)(C)C(C)(C)C)C[C@@H]1CC[C@H](c2cccc(Cl)c2F)[C@]12C(=O)Nc1cc(Cl)ccc12. The molecule has 3 nitrogen and oxygen atoms in total. The monoisotopic (exact) mass is 563 g/mol. The first-order chi connectivity index (χ1) is 17.1. The van der Waals surface area contributed by atoms with Crippen molar-refractivity contribution < 1.29 is 13.6 Å². The highest BCUT2D eigenvalue weighted by atomic mass is 35.5. The largest absolute Gasteiger partial charge is 0.417 e. The summed E-state index contributed by atoms with van der Waals surface area (Å²) in [5.74, 6) is -0.754. The van der Waals surface area contributed by atoms with Crippen molar-refractivity contribution in [2.24, 2.45) is 11.3 Å². The molecule has 0 aromatic heterocycles. The minimum atomic E-state index is -1.84. The van der Waals surface area contributed by atoms with Crippen molar-refractivity contribution in [1.29, 1.82) is 0 Å². The molecule has 1 heterocycles. The van der Waals surface area contributed by atoms with Crippen LogP contribution in [0.15, 0.2) is 36.4 Å². The number of rotatable bonds is 7. The Bertz CT molecular complexity index is 1190. The van der Waals surface area contributed by atoms with Gasteiger partial charge in [0.25, 0.3) is 0 Å².